The summed E-state index contributed by atoms with van der Waals surface area (Å²) >= 11 is 1.28. The highest BCUT2D eigenvalue weighted by atomic mass is 32.2. The number of carbonyl (C=O) groups is 2. The zero-order chi connectivity index (χ0) is 19.4. The average molecular weight is 381 g/mol. The quantitative estimate of drug-likeness (QED) is 0.655. The van der Waals surface area contributed by atoms with Crippen molar-refractivity contribution in [2.45, 2.75) is 12.1 Å². The van der Waals surface area contributed by atoms with Crippen LogP contribution in [0, 0.1) is 6.92 Å². The molecule has 3 rings (SSSR count). The summed E-state index contributed by atoms with van der Waals surface area (Å²) in [5.41, 5.74) is 2.68. The third kappa shape index (κ3) is 4.53. The second kappa shape index (κ2) is 8.05. The molecule has 0 aliphatic rings. The molecule has 0 fully saturated rings. The minimum Gasteiger partial charge on any atom is -0.545 e. The Morgan fingerprint density at radius 2 is 1.89 bits per heavy atom. The molecule has 7 nitrogen and oxygen atoms in total. The number of aryl methyl sites for hydroxylation is 1. The number of aromatic nitrogens is 3. The summed E-state index contributed by atoms with van der Waals surface area (Å²) in [4.78, 5) is 22.9. The Kier molecular flexibility index (Phi) is 5.56. The summed E-state index contributed by atoms with van der Waals surface area (Å²) in [6, 6.07) is 13.8. The van der Waals surface area contributed by atoms with Crippen molar-refractivity contribution >= 4 is 29.3 Å². The molecule has 0 radical (unpaired) electrons. The van der Waals surface area contributed by atoms with Crippen LogP contribution in [0.15, 0.2) is 53.7 Å². The molecular formula is C19H17N4O3S-. The van der Waals surface area contributed by atoms with Crippen molar-refractivity contribution in [1.29, 1.82) is 0 Å². The van der Waals surface area contributed by atoms with E-state index in [-0.39, 0.29) is 17.2 Å². The fourth-order valence-electron chi connectivity index (χ4n) is 2.49. The smallest absolute Gasteiger partial charge is 0.234 e. The third-order valence-corrected chi connectivity index (χ3v) is 4.87. The SMILES string of the molecule is Cc1cccc(-c2nnc(SCC(=O)Nc3ccc(C(=O)[O-])cc3)n2C)c1. The van der Waals surface area contributed by atoms with Gasteiger partial charge in [0.1, 0.15) is 0 Å². The first-order valence-corrected chi connectivity index (χ1v) is 9.13. The van der Waals surface area contributed by atoms with E-state index in [9.17, 15) is 14.7 Å². The van der Waals surface area contributed by atoms with Crippen LogP contribution in [-0.2, 0) is 11.8 Å². The van der Waals surface area contributed by atoms with Crippen LogP contribution >= 0.6 is 11.8 Å². The largest absolute Gasteiger partial charge is 0.545 e. The molecular weight excluding hydrogens is 364 g/mol. The number of rotatable bonds is 6. The fourth-order valence-corrected chi connectivity index (χ4v) is 3.20. The summed E-state index contributed by atoms with van der Waals surface area (Å²) in [6.07, 6.45) is 0. The van der Waals surface area contributed by atoms with E-state index in [2.05, 4.69) is 15.5 Å². The number of aromatic carboxylic acids is 1. The molecule has 0 aliphatic heterocycles. The van der Waals surface area contributed by atoms with Crippen molar-refractivity contribution in [1.82, 2.24) is 14.8 Å². The predicted octanol–water partition coefficient (Wildman–Crippen LogP) is 1.88. The Bertz CT molecular complexity index is 983. The monoisotopic (exact) mass is 381 g/mol. The molecule has 1 N–H and O–H groups in total. The third-order valence-electron chi connectivity index (χ3n) is 3.85. The predicted molar refractivity (Wildman–Crippen MR) is 101 cm³/mol. The van der Waals surface area contributed by atoms with Gasteiger partial charge >= 0.3 is 0 Å². The molecule has 0 saturated heterocycles. The van der Waals surface area contributed by atoms with Crippen LogP contribution < -0.4 is 10.4 Å². The molecule has 138 valence electrons. The van der Waals surface area contributed by atoms with Gasteiger partial charge in [0.25, 0.3) is 0 Å². The number of anilines is 1. The zero-order valence-corrected chi connectivity index (χ0v) is 15.6. The number of thioether (sulfide) groups is 1. The number of nitrogens with zero attached hydrogens (tertiary/aromatic N) is 3. The molecule has 27 heavy (non-hydrogen) atoms. The van der Waals surface area contributed by atoms with E-state index in [1.165, 1.54) is 36.0 Å². The molecule has 0 saturated carbocycles. The number of carbonyl (C=O) groups excluding carboxylic acids is 2. The second-order valence-corrected chi connectivity index (χ2v) is 6.88. The first kappa shape index (κ1) is 18.7. The van der Waals surface area contributed by atoms with Gasteiger partial charge in [0.15, 0.2) is 11.0 Å². The summed E-state index contributed by atoms with van der Waals surface area (Å²) < 4.78 is 1.85. The molecule has 0 atom stereocenters. The number of hydrogen-bond donors (Lipinski definition) is 1. The minimum atomic E-state index is -1.25. The maximum absolute atomic E-state index is 12.1. The van der Waals surface area contributed by atoms with E-state index in [0.717, 1.165) is 17.0 Å². The van der Waals surface area contributed by atoms with Gasteiger partial charge in [-0.15, -0.1) is 10.2 Å². The lowest BCUT2D eigenvalue weighted by atomic mass is 10.1. The molecule has 2 aromatic carbocycles. The Morgan fingerprint density at radius 1 is 1.15 bits per heavy atom. The Morgan fingerprint density at radius 3 is 2.56 bits per heavy atom. The van der Waals surface area contributed by atoms with Crippen molar-refractivity contribution < 1.29 is 14.7 Å². The molecule has 1 heterocycles. The molecule has 1 aromatic heterocycles. The first-order valence-electron chi connectivity index (χ1n) is 8.14. The topological polar surface area (TPSA) is 99.9 Å². The Labute approximate surface area is 160 Å². The number of hydrogen-bond acceptors (Lipinski definition) is 6. The molecule has 0 unspecified atom stereocenters. The molecule has 1 amide bonds. The van der Waals surface area contributed by atoms with E-state index >= 15 is 0 Å². The highest BCUT2D eigenvalue weighted by Crippen LogP contribution is 2.23. The van der Waals surface area contributed by atoms with Gasteiger partial charge in [-0.2, -0.15) is 0 Å². The van der Waals surface area contributed by atoms with Crippen LogP contribution in [0.3, 0.4) is 0 Å². The molecule has 0 aliphatic carbocycles. The van der Waals surface area contributed by atoms with E-state index in [1.54, 1.807) is 0 Å². The van der Waals surface area contributed by atoms with Gasteiger partial charge in [0.05, 0.1) is 11.7 Å². The van der Waals surface area contributed by atoms with Gasteiger partial charge in [-0.3, -0.25) is 4.79 Å². The lowest BCUT2D eigenvalue weighted by Gasteiger charge is -2.07. The van der Waals surface area contributed by atoms with Crippen LogP contribution in [0.5, 0.6) is 0 Å². The van der Waals surface area contributed by atoms with E-state index in [4.69, 9.17) is 0 Å². The van der Waals surface area contributed by atoms with Crippen molar-refractivity contribution in [3.8, 4) is 11.4 Å². The number of amides is 1. The fraction of sp³-hybridized carbons (Fsp3) is 0.158. The van der Waals surface area contributed by atoms with E-state index in [1.807, 2.05) is 42.8 Å². The van der Waals surface area contributed by atoms with Crippen molar-refractivity contribution in [3.05, 3.63) is 59.7 Å². The van der Waals surface area contributed by atoms with Crippen molar-refractivity contribution in [2.75, 3.05) is 11.1 Å². The van der Waals surface area contributed by atoms with Gasteiger partial charge < -0.3 is 19.8 Å². The highest BCUT2D eigenvalue weighted by Gasteiger charge is 2.13. The first-order chi connectivity index (χ1) is 12.9. The number of benzene rings is 2. The summed E-state index contributed by atoms with van der Waals surface area (Å²) in [7, 11) is 1.86. The number of carboxylic acid groups (broad SMARTS) is 1. The Hall–Kier alpha value is -3.13. The number of nitrogens with one attached hydrogen (secondary N) is 1. The molecule has 0 spiro atoms. The van der Waals surface area contributed by atoms with Crippen LogP contribution in [-0.4, -0.2) is 32.4 Å². The standard InChI is InChI=1S/C19H18N4O3S/c1-12-4-3-5-14(10-12)17-21-22-19(23(17)2)27-11-16(24)20-15-8-6-13(7-9-15)18(25)26/h3-10H,11H2,1-2H3,(H,20,24)(H,25,26)/p-1. The minimum absolute atomic E-state index is 0.0603. The van der Waals surface area contributed by atoms with Gasteiger partial charge in [-0.25, -0.2) is 0 Å². The van der Waals surface area contributed by atoms with Crippen LogP contribution in [0.1, 0.15) is 15.9 Å². The lowest BCUT2D eigenvalue weighted by Crippen LogP contribution is -2.22. The van der Waals surface area contributed by atoms with Gasteiger partial charge in [0.2, 0.25) is 5.91 Å². The highest BCUT2D eigenvalue weighted by molar-refractivity contribution is 7.99. The van der Waals surface area contributed by atoms with Gasteiger partial charge in [0, 0.05) is 18.3 Å². The average Bonchev–Trinajstić information content (AvgIpc) is 3.01. The maximum atomic E-state index is 12.1. The van der Waals surface area contributed by atoms with E-state index in [0.29, 0.717) is 10.8 Å². The number of carboxylic acids is 1. The normalized spacial score (nSPS) is 10.6. The Balaban J connectivity index is 1.61. The second-order valence-electron chi connectivity index (χ2n) is 5.94. The summed E-state index contributed by atoms with van der Waals surface area (Å²) in [6.45, 7) is 2.01. The van der Waals surface area contributed by atoms with Crippen molar-refractivity contribution in [2.24, 2.45) is 7.05 Å². The van der Waals surface area contributed by atoms with E-state index < -0.39 is 5.97 Å². The van der Waals surface area contributed by atoms with Gasteiger partial charge in [-0.1, -0.05) is 47.7 Å². The zero-order valence-electron chi connectivity index (χ0n) is 14.8. The summed E-state index contributed by atoms with van der Waals surface area (Å²) in [5.74, 6) is -0.585. The molecule has 0 bridgehead atoms. The van der Waals surface area contributed by atoms with Crippen molar-refractivity contribution in [3.63, 3.8) is 0 Å². The van der Waals surface area contributed by atoms with Crippen LogP contribution in [0.4, 0.5) is 5.69 Å². The van der Waals surface area contributed by atoms with Gasteiger partial charge in [-0.05, 0) is 30.7 Å². The maximum Gasteiger partial charge on any atom is 0.234 e. The lowest BCUT2D eigenvalue weighted by molar-refractivity contribution is -0.255. The summed E-state index contributed by atoms with van der Waals surface area (Å²) in [5, 5.41) is 22.4. The molecule has 8 heteroatoms. The van der Waals surface area contributed by atoms with Crippen LogP contribution in [0.2, 0.25) is 0 Å². The molecule has 3 aromatic rings. The van der Waals surface area contributed by atoms with Crippen LogP contribution in [0.25, 0.3) is 11.4 Å².